The molecule has 1 heterocycles. The van der Waals surface area contributed by atoms with Gasteiger partial charge in [-0.3, -0.25) is 15.0 Å². The number of fused-ring (bicyclic) bond motifs is 1. The molecule has 0 bridgehead atoms. The summed E-state index contributed by atoms with van der Waals surface area (Å²) < 4.78 is 5.83. The van der Waals surface area contributed by atoms with Crippen molar-refractivity contribution in [2.75, 3.05) is 13.2 Å². The van der Waals surface area contributed by atoms with Crippen LogP contribution in [0.4, 0.5) is 0 Å². The highest BCUT2D eigenvalue weighted by molar-refractivity contribution is 6.64. The number of nitrogens with one attached hydrogen (secondary N) is 2. The van der Waals surface area contributed by atoms with Crippen LogP contribution in [0.25, 0.3) is 0 Å². The van der Waals surface area contributed by atoms with Gasteiger partial charge in [-0.25, -0.2) is 5.01 Å². The van der Waals surface area contributed by atoms with Gasteiger partial charge in [-0.2, -0.15) is 0 Å². The first kappa shape index (κ1) is 25.8. The number of hydrogen-bond acceptors (Lipinski definition) is 5. The number of benzene rings is 2. The van der Waals surface area contributed by atoms with E-state index in [0.717, 1.165) is 11.1 Å². The zero-order valence-corrected chi connectivity index (χ0v) is 21.3. The molecular weight excluding hydrogens is 429 g/mol. The molecule has 34 heavy (non-hydrogen) atoms. The summed E-state index contributed by atoms with van der Waals surface area (Å²) in [5, 5.41) is 14.8. The molecule has 0 radical (unpaired) electrons. The number of amides is 2. The second-order valence-electron chi connectivity index (χ2n) is 10.1. The maximum absolute atomic E-state index is 13.7. The van der Waals surface area contributed by atoms with E-state index in [1.54, 1.807) is 19.1 Å². The van der Waals surface area contributed by atoms with Crippen molar-refractivity contribution in [1.82, 2.24) is 15.7 Å². The second kappa shape index (κ2) is 10.2. The van der Waals surface area contributed by atoms with Crippen LogP contribution in [0.2, 0.25) is 0 Å². The van der Waals surface area contributed by atoms with E-state index in [-0.39, 0.29) is 17.4 Å². The summed E-state index contributed by atoms with van der Waals surface area (Å²) in [4.78, 5) is 27.2. The lowest BCUT2D eigenvalue weighted by Gasteiger charge is -2.39. The summed E-state index contributed by atoms with van der Waals surface area (Å²) >= 11 is 0. The molecule has 0 unspecified atom stereocenters. The molecular formula is C26H36BN3O4. The molecule has 0 saturated heterocycles. The van der Waals surface area contributed by atoms with Gasteiger partial charge in [-0.15, -0.1) is 0 Å². The average Bonchev–Trinajstić information content (AvgIpc) is 2.93. The Bertz CT molecular complexity index is 1060. The van der Waals surface area contributed by atoms with Crippen LogP contribution in [-0.4, -0.2) is 48.1 Å². The van der Waals surface area contributed by atoms with Crippen LogP contribution in [0.5, 0.6) is 5.75 Å². The van der Waals surface area contributed by atoms with Crippen molar-refractivity contribution < 1.29 is 19.3 Å². The van der Waals surface area contributed by atoms with Gasteiger partial charge < -0.3 is 15.0 Å². The lowest BCUT2D eigenvalue weighted by Crippen LogP contribution is -2.56. The quantitative estimate of drug-likeness (QED) is 0.477. The van der Waals surface area contributed by atoms with Crippen LogP contribution in [0, 0.1) is 26.2 Å². The number of hydrazine groups is 1. The van der Waals surface area contributed by atoms with E-state index in [2.05, 4.69) is 31.4 Å². The SMILES string of the molecule is CC[C@@H](N(NC(=O)c1ccc2c(c1C)OCCNB2O)C(=O)c1cc(C)cc(C)c1)C(C)(C)C. The highest BCUT2D eigenvalue weighted by Crippen LogP contribution is 2.28. The molecule has 2 aromatic rings. The molecule has 2 aromatic carbocycles. The van der Waals surface area contributed by atoms with Gasteiger partial charge in [0.25, 0.3) is 11.8 Å². The first-order chi connectivity index (χ1) is 15.9. The van der Waals surface area contributed by atoms with Gasteiger partial charge in [-0.1, -0.05) is 51.0 Å². The predicted molar refractivity (Wildman–Crippen MR) is 135 cm³/mol. The Morgan fingerprint density at radius 3 is 2.41 bits per heavy atom. The standard InChI is InChI=1S/C26H36BN3O4/c1-8-22(26(5,6)7)30(25(32)19-14-16(2)13-17(3)15-19)29-24(31)20-9-10-21-23(18(20)4)34-12-11-28-27(21)33/h9-10,13-15,22,28,33H,8,11-12H2,1-7H3,(H,29,31)/t22-/m1/s1. The van der Waals surface area contributed by atoms with Crippen molar-refractivity contribution in [1.29, 1.82) is 0 Å². The minimum atomic E-state index is -0.860. The van der Waals surface area contributed by atoms with Crippen LogP contribution < -0.4 is 20.9 Å². The Hall–Kier alpha value is -2.84. The van der Waals surface area contributed by atoms with Crippen LogP contribution in [0.1, 0.15) is 71.5 Å². The van der Waals surface area contributed by atoms with Gasteiger partial charge in [0.2, 0.25) is 0 Å². The summed E-state index contributed by atoms with van der Waals surface area (Å²) in [6, 6.07) is 8.84. The number of carbonyl (C=O) groups is 2. The topological polar surface area (TPSA) is 90.9 Å². The zero-order valence-electron chi connectivity index (χ0n) is 21.3. The summed E-state index contributed by atoms with van der Waals surface area (Å²) in [7, 11) is -0.860. The lowest BCUT2D eigenvalue weighted by atomic mass is 9.72. The number of nitrogens with zero attached hydrogens (tertiary/aromatic N) is 1. The molecule has 3 N–H and O–H groups in total. The van der Waals surface area contributed by atoms with Crippen LogP contribution >= 0.6 is 0 Å². The van der Waals surface area contributed by atoms with Gasteiger partial charge in [-0.05, 0) is 50.8 Å². The van der Waals surface area contributed by atoms with Crippen molar-refractivity contribution in [2.45, 2.75) is 60.9 Å². The molecule has 8 heteroatoms. The van der Waals surface area contributed by atoms with E-state index in [9.17, 15) is 14.6 Å². The molecule has 0 fully saturated rings. The van der Waals surface area contributed by atoms with Crippen molar-refractivity contribution in [2.24, 2.45) is 5.41 Å². The third-order valence-electron chi connectivity index (χ3n) is 6.27. The van der Waals surface area contributed by atoms with E-state index in [1.165, 1.54) is 5.01 Å². The third-order valence-corrected chi connectivity index (χ3v) is 6.27. The van der Waals surface area contributed by atoms with Gasteiger partial charge in [0.05, 0.1) is 12.6 Å². The van der Waals surface area contributed by atoms with Crippen LogP contribution in [0.3, 0.4) is 0 Å². The third kappa shape index (κ3) is 5.45. The van der Waals surface area contributed by atoms with Crippen molar-refractivity contribution in [3.8, 4) is 5.75 Å². The summed E-state index contributed by atoms with van der Waals surface area (Å²) in [5.74, 6) is -0.138. The van der Waals surface area contributed by atoms with E-state index in [4.69, 9.17) is 4.74 Å². The monoisotopic (exact) mass is 465 g/mol. The molecule has 3 rings (SSSR count). The fourth-order valence-corrected chi connectivity index (χ4v) is 4.68. The summed E-state index contributed by atoms with van der Waals surface area (Å²) in [6.07, 6.45) is 0.671. The molecule has 2 amide bonds. The Kier molecular flexibility index (Phi) is 7.73. The van der Waals surface area contributed by atoms with Gasteiger partial charge in [0.1, 0.15) is 5.75 Å². The largest absolute Gasteiger partial charge is 0.492 e. The molecule has 1 aliphatic rings. The second-order valence-corrected chi connectivity index (χ2v) is 10.1. The Morgan fingerprint density at radius 1 is 1.18 bits per heavy atom. The molecule has 7 nitrogen and oxygen atoms in total. The fraction of sp³-hybridized carbons (Fsp3) is 0.462. The Balaban J connectivity index is 2.00. The molecule has 182 valence electrons. The Morgan fingerprint density at radius 2 is 1.82 bits per heavy atom. The van der Waals surface area contributed by atoms with Crippen molar-refractivity contribution in [3.63, 3.8) is 0 Å². The van der Waals surface area contributed by atoms with Gasteiger partial charge in [0.15, 0.2) is 0 Å². The maximum Gasteiger partial charge on any atom is 0.417 e. The lowest BCUT2D eigenvalue weighted by molar-refractivity contribution is 0.0284. The molecule has 0 aromatic heterocycles. The summed E-state index contributed by atoms with van der Waals surface area (Å²) in [5.41, 5.74) is 6.78. The smallest absolute Gasteiger partial charge is 0.417 e. The van der Waals surface area contributed by atoms with Crippen molar-refractivity contribution >= 4 is 24.3 Å². The van der Waals surface area contributed by atoms with Crippen LogP contribution in [0.15, 0.2) is 30.3 Å². The Labute approximate surface area is 203 Å². The maximum atomic E-state index is 13.7. The summed E-state index contributed by atoms with van der Waals surface area (Å²) in [6.45, 7) is 14.8. The highest BCUT2D eigenvalue weighted by Gasteiger charge is 2.35. The van der Waals surface area contributed by atoms with E-state index in [0.29, 0.717) is 47.5 Å². The molecule has 1 atom stereocenters. The number of ether oxygens (including phenoxy) is 1. The first-order valence-corrected chi connectivity index (χ1v) is 11.8. The van der Waals surface area contributed by atoms with Crippen molar-refractivity contribution in [3.05, 3.63) is 58.1 Å². The van der Waals surface area contributed by atoms with E-state index >= 15 is 0 Å². The molecule has 1 aliphatic heterocycles. The molecule has 0 aliphatic carbocycles. The number of hydrogen-bond donors (Lipinski definition) is 3. The van der Waals surface area contributed by atoms with Gasteiger partial charge in [0, 0.05) is 28.7 Å². The highest BCUT2D eigenvalue weighted by atomic mass is 16.5. The number of aryl methyl sites for hydroxylation is 2. The molecule has 0 saturated carbocycles. The zero-order chi connectivity index (χ0) is 25.2. The first-order valence-electron chi connectivity index (χ1n) is 11.8. The van der Waals surface area contributed by atoms with Gasteiger partial charge >= 0.3 is 7.05 Å². The minimum Gasteiger partial charge on any atom is -0.492 e. The fourth-order valence-electron chi connectivity index (χ4n) is 4.68. The van der Waals surface area contributed by atoms with E-state index in [1.807, 2.05) is 39.0 Å². The molecule has 0 spiro atoms. The van der Waals surface area contributed by atoms with E-state index < -0.39 is 13.0 Å². The average molecular weight is 465 g/mol. The van der Waals surface area contributed by atoms with Crippen LogP contribution in [-0.2, 0) is 0 Å². The minimum absolute atomic E-state index is 0.229. The number of carbonyl (C=O) groups excluding carboxylic acids is 2. The normalized spacial score (nSPS) is 14.5. The number of rotatable bonds is 4. The predicted octanol–water partition coefficient (Wildman–Crippen LogP) is 2.89.